The normalized spacial score (nSPS) is 14.4. The van der Waals surface area contributed by atoms with Crippen LogP contribution in [0.2, 0.25) is 0 Å². The minimum Gasteiger partial charge on any atom is -0.493 e. The zero-order chi connectivity index (χ0) is 18.8. The van der Waals surface area contributed by atoms with Gasteiger partial charge in [0.25, 0.3) is 5.91 Å². The molecule has 138 valence electrons. The van der Waals surface area contributed by atoms with Gasteiger partial charge in [-0.1, -0.05) is 22.0 Å². The number of benzene rings is 1. The maximum absolute atomic E-state index is 12.9. The molecule has 3 heterocycles. The first-order chi connectivity index (χ1) is 13.1. The Balaban J connectivity index is 1.75. The minimum atomic E-state index is -0.270. The summed E-state index contributed by atoms with van der Waals surface area (Å²) in [6.07, 6.45) is 3.45. The number of aryl methyl sites for hydroxylation is 2. The van der Waals surface area contributed by atoms with Crippen molar-refractivity contribution in [2.24, 2.45) is 0 Å². The number of nitrogens with zero attached hydrogens (tertiary/aromatic N) is 4. The number of nitrogens with one attached hydrogen (secondary N) is 1. The van der Waals surface area contributed by atoms with Crippen molar-refractivity contribution < 1.29 is 9.53 Å². The van der Waals surface area contributed by atoms with Gasteiger partial charge in [-0.05, 0) is 49.6 Å². The van der Waals surface area contributed by atoms with Crippen LogP contribution in [0.4, 0.5) is 5.82 Å². The number of anilines is 1. The van der Waals surface area contributed by atoms with Crippen molar-refractivity contribution in [3.8, 4) is 17.3 Å². The van der Waals surface area contributed by atoms with Crippen molar-refractivity contribution in [3.63, 3.8) is 0 Å². The molecule has 2 aromatic heterocycles. The van der Waals surface area contributed by atoms with Crippen molar-refractivity contribution >= 4 is 27.7 Å². The van der Waals surface area contributed by atoms with Crippen LogP contribution < -0.4 is 10.1 Å². The SMILES string of the molecule is Cc1cc2c(cc1Br)C(=O)Nc1cccc(n1)-c1nncn1CCCCO2. The number of fused-ring (bicyclic) bond motifs is 5. The Hall–Kier alpha value is -2.74. The lowest BCUT2D eigenvalue weighted by Gasteiger charge is -2.15. The van der Waals surface area contributed by atoms with Crippen LogP contribution >= 0.6 is 15.9 Å². The van der Waals surface area contributed by atoms with E-state index in [9.17, 15) is 4.79 Å². The van der Waals surface area contributed by atoms with E-state index in [0.29, 0.717) is 35.3 Å². The molecule has 7 nitrogen and oxygen atoms in total. The van der Waals surface area contributed by atoms with Crippen LogP contribution in [0.15, 0.2) is 41.1 Å². The van der Waals surface area contributed by atoms with Crippen molar-refractivity contribution in [2.45, 2.75) is 26.3 Å². The summed E-state index contributed by atoms with van der Waals surface area (Å²) in [6, 6.07) is 9.11. The van der Waals surface area contributed by atoms with Crippen molar-refractivity contribution in [2.75, 3.05) is 11.9 Å². The van der Waals surface area contributed by atoms with E-state index in [1.54, 1.807) is 18.5 Å². The lowest BCUT2D eigenvalue weighted by atomic mass is 10.1. The van der Waals surface area contributed by atoms with Crippen LogP contribution in [-0.4, -0.2) is 32.3 Å². The molecule has 0 aliphatic carbocycles. The molecule has 0 atom stereocenters. The van der Waals surface area contributed by atoms with Gasteiger partial charge in [0.1, 0.15) is 23.6 Å². The Bertz CT molecular complexity index is 1000. The second-order valence-corrected chi connectivity index (χ2v) is 7.22. The summed E-state index contributed by atoms with van der Waals surface area (Å²) in [5, 5.41) is 11.0. The fourth-order valence-electron chi connectivity index (χ4n) is 2.95. The molecule has 8 heteroatoms. The molecule has 1 amide bonds. The lowest BCUT2D eigenvalue weighted by molar-refractivity contribution is 0.102. The van der Waals surface area contributed by atoms with Crippen molar-refractivity contribution in [1.82, 2.24) is 19.7 Å². The van der Waals surface area contributed by atoms with Crippen molar-refractivity contribution in [3.05, 3.63) is 52.3 Å². The van der Waals surface area contributed by atoms with Crippen LogP contribution in [0.3, 0.4) is 0 Å². The minimum absolute atomic E-state index is 0.270. The molecule has 0 saturated carbocycles. The van der Waals surface area contributed by atoms with Gasteiger partial charge in [0.05, 0.1) is 12.2 Å². The fraction of sp³-hybridized carbons (Fsp3) is 0.263. The summed E-state index contributed by atoms with van der Waals surface area (Å²) >= 11 is 3.49. The molecule has 1 aliphatic heterocycles. The fourth-order valence-corrected chi connectivity index (χ4v) is 3.29. The van der Waals surface area contributed by atoms with Gasteiger partial charge in [-0.3, -0.25) is 4.79 Å². The van der Waals surface area contributed by atoms with Crippen LogP contribution in [-0.2, 0) is 6.54 Å². The van der Waals surface area contributed by atoms with E-state index in [4.69, 9.17) is 4.74 Å². The third-order valence-electron chi connectivity index (χ3n) is 4.39. The van der Waals surface area contributed by atoms with Gasteiger partial charge in [-0.25, -0.2) is 4.98 Å². The molecule has 0 radical (unpaired) electrons. The van der Waals surface area contributed by atoms with E-state index in [1.807, 2.05) is 29.7 Å². The van der Waals surface area contributed by atoms with Gasteiger partial charge in [0, 0.05) is 11.0 Å². The summed E-state index contributed by atoms with van der Waals surface area (Å²) in [4.78, 5) is 17.4. The number of amides is 1. The summed E-state index contributed by atoms with van der Waals surface area (Å²) in [7, 11) is 0. The largest absolute Gasteiger partial charge is 0.493 e. The van der Waals surface area contributed by atoms with Gasteiger partial charge in [-0.2, -0.15) is 0 Å². The van der Waals surface area contributed by atoms with E-state index in [1.165, 1.54) is 0 Å². The quantitative estimate of drug-likeness (QED) is 0.589. The number of ether oxygens (including phenoxy) is 1. The van der Waals surface area contributed by atoms with E-state index in [-0.39, 0.29) is 5.91 Å². The highest BCUT2D eigenvalue weighted by atomic mass is 79.9. The van der Waals surface area contributed by atoms with E-state index >= 15 is 0 Å². The van der Waals surface area contributed by atoms with Crippen LogP contribution in [0, 0.1) is 6.92 Å². The zero-order valence-electron chi connectivity index (χ0n) is 14.8. The Morgan fingerprint density at radius 3 is 3.04 bits per heavy atom. The highest BCUT2D eigenvalue weighted by Gasteiger charge is 2.17. The predicted molar refractivity (Wildman–Crippen MR) is 105 cm³/mol. The van der Waals surface area contributed by atoms with E-state index in [2.05, 4.69) is 36.4 Å². The Morgan fingerprint density at radius 1 is 1.26 bits per heavy atom. The average Bonchev–Trinajstić information content (AvgIpc) is 3.12. The molecule has 2 bridgehead atoms. The number of hydrogen-bond acceptors (Lipinski definition) is 5. The number of carbonyl (C=O) groups is 1. The Labute approximate surface area is 164 Å². The first-order valence-corrected chi connectivity index (χ1v) is 9.50. The molecule has 3 aromatic rings. The molecule has 27 heavy (non-hydrogen) atoms. The third-order valence-corrected chi connectivity index (χ3v) is 5.25. The molecular weight excluding hydrogens is 410 g/mol. The summed E-state index contributed by atoms with van der Waals surface area (Å²) < 4.78 is 8.75. The van der Waals surface area contributed by atoms with Crippen LogP contribution in [0.1, 0.15) is 28.8 Å². The molecule has 0 unspecified atom stereocenters. The van der Waals surface area contributed by atoms with Gasteiger partial charge < -0.3 is 14.6 Å². The number of hydrogen-bond donors (Lipinski definition) is 1. The van der Waals surface area contributed by atoms with Gasteiger partial charge in [0.15, 0.2) is 5.82 Å². The molecular formula is C19H18BrN5O2. The van der Waals surface area contributed by atoms with Crippen LogP contribution in [0.25, 0.3) is 11.5 Å². The number of carbonyl (C=O) groups excluding carboxylic acids is 1. The zero-order valence-corrected chi connectivity index (χ0v) is 16.4. The molecule has 0 spiro atoms. The topological polar surface area (TPSA) is 81.9 Å². The monoisotopic (exact) mass is 427 g/mol. The number of halogens is 1. The van der Waals surface area contributed by atoms with Crippen LogP contribution in [0.5, 0.6) is 5.75 Å². The van der Waals surface area contributed by atoms with Gasteiger partial charge in [-0.15, -0.1) is 10.2 Å². The smallest absolute Gasteiger partial charge is 0.260 e. The second kappa shape index (κ2) is 7.48. The number of aromatic nitrogens is 4. The highest BCUT2D eigenvalue weighted by molar-refractivity contribution is 9.10. The lowest BCUT2D eigenvalue weighted by Crippen LogP contribution is -2.16. The van der Waals surface area contributed by atoms with E-state index < -0.39 is 0 Å². The molecule has 1 aromatic carbocycles. The summed E-state index contributed by atoms with van der Waals surface area (Å²) in [6.45, 7) is 3.27. The molecule has 4 rings (SSSR count). The average molecular weight is 428 g/mol. The Kier molecular flexibility index (Phi) is 4.89. The Morgan fingerprint density at radius 2 is 2.15 bits per heavy atom. The number of rotatable bonds is 0. The molecule has 1 aliphatic rings. The predicted octanol–water partition coefficient (Wildman–Crippen LogP) is 3.84. The third kappa shape index (κ3) is 3.71. The maximum atomic E-state index is 12.9. The summed E-state index contributed by atoms with van der Waals surface area (Å²) in [5.41, 5.74) is 2.15. The summed E-state index contributed by atoms with van der Waals surface area (Å²) in [5.74, 6) is 1.44. The first-order valence-electron chi connectivity index (χ1n) is 8.71. The van der Waals surface area contributed by atoms with Gasteiger partial charge >= 0.3 is 0 Å². The van der Waals surface area contributed by atoms with Crippen molar-refractivity contribution in [1.29, 1.82) is 0 Å². The molecule has 1 N–H and O–H groups in total. The highest BCUT2D eigenvalue weighted by Crippen LogP contribution is 2.28. The second-order valence-electron chi connectivity index (χ2n) is 6.36. The standard InChI is InChI=1S/C19H18BrN5O2/c1-12-9-16-13(10-14(12)20)19(26)23-17-6-4-5-15(22-17)18-24-21-11-25(18)7-2-3-8-27-16/h4-6,9-11H,2-3,7-8H2,1H3,(H,22,23,26). The van der Waals surface area contributed by atoms with Gasteiger partial charge in [0.2, 0.25) is 0 Å². The number of pyridine rings is 1. The van der Waals surface area contributed by atoms with E-state index in [0.717, 1.165) is 29.4 Å². The maximum Gasteiger partial charge on any atom is 0.260 e. The molecule has 0 fully saturated rings. The molecule has 0 saturated heterocycles. The first kappa shape index (κ1) is 17.7.